The minimum atomic E-state index is -0.532. The largest absolute Gasteiger partial charge is 0.337 e. The van der Waals surface area contributed by atoms with E-state index in [4.69, 9.17) is 0 Å². The highest BCUT2D eigenvalue weighted by molar-refractivity contribution is 6.05. The molecule has 0 unspecified atom stereocenters. The van der Waals surface area contributed by atoms with Crippen molar-refractivity contribution in [3.05, 3.63) is 82.9 Å². The summed E-state index contributed by atoms with van der Waals surface area (Å²) in [5.74, 6) is -0.625. The number of carbonyl (C=O) groups is 2. The van der Waals surface area contributed by atoms with E-state index >= 15 is 0 Å². The minimum absolute atomic E-state index is 0.114. The Balaban J connectivity index is 1.62. The molecular formula is C19H17N5O4. The van der Waals surface area contributed by atoms with Crippen LogP contribution in [-0.4, -0.2) is 26.3 Å². The molecule has 1 heterocycles. The quantitative estimate of drug-likeness (QED) is 0.483. The van der Waals surface area contributed by atoms with Crippen molar-refractivity contribution in [2.45, 2.75) is 13.0 Å². The fraction of sp³-hybridized carbons (Fsp3) is 0.105. The van der Waals surface area contributed by atoms with Gasteiger partial charge in [-0.05, 0) is 24.3 Å². The number of aryl methyl sites for hydroxylation is 1. The Bertz CT molecular complexity index is 1000. The van der Waals surface area contributed by atoms with Crippen molar-refractivity contribution in [1.29, 1.82) is 0 Å². The summed E-state index contributed by atoms with van der Waals surface area (Å²) in [7, 11) is 0. The summed E-state index contributed by atoms with van der Waals surface area (Å²) in [6.07, 6.45) is 5.31. The maximum Gasteiger partial charge on any atom is 0.271 e. The van der Waals surface area contributed by atoms with E-state index in [0.29, 0.717) is 23.5 Å². The highest BCUT2D eigenvalue weighted by Gasteiger charge is 2.11. The van der Waals surface area contributed by atoms with Crippen LogP contribution in [-0.2, 0) is 11.3 Å². The van der Waals surface area contributed by atoms with E-state index in [1.807, 2.05) is 0 Å². The van der Waals surface area contributed by atoms with Crippen LogP contribution in [0.5, 0.6) is 0 Å². The number of nitro groups is 1. The number of carbonyl (C=O) groups excluding carboxylic acids is 2. The molecule has 0 radical (unpaired) electrons. The van der Waals surface area contributed by atoms with Crippen LogP contribution < -0.4 is 10.6 Å². The third-order valence-electron chi connectivity index (χ3n) is 3.88. The van der Waals surface area contributed by atoms with E-state index in [2.05, 4.69) is 15.6 Å². The molecule has 0 bridgehead atoms. The van der Waals surface area contributed by atoms with Crippen molar-refractivity contribution in [2.24, 2.45) is 0 Å². The second kappa shape index (κ2) is 8.58. The third-order valence-corrected chi connectivity index (χ3v) is 3.88. The van der Waals surface area contributed by atoms with Gasteiger partial charge in [-0.25, -0.2) is 4.98 Å². The zero-order valence-electron chi connectivity index (χ0n) is 14.7. The van der Waals surface area contributed by atoms with Crippen molar-refractivity contribution in [2.75, 3.05) is 10.6 Å². The highest BCUT2D eigenvalue weighted by atomic mass is 16.6. The van der Waals surface area contributed by atoms with E-state index < -0.39 is 10.8 Å². The number of aromatic nitrogens is 2. The monoisotopic (exact) mass is 379 g/mol. The molecule has 28 heavy (non-hydrogen) atoms. The van der Waals surface area contributed by atoms with Crippen LogP contribution >= 0.6 is 0 Å². The van der Waals surface area contributed by atoms with Gasteiger partial charge in [0.25, 0.3) is 11.6 Å². The molecule has 0 fully saturated rings. The predicted molar refractivity (Wildman–Crippen MR) is 103 cm³/mol. The molecule has 1 aromatic heterocycles. The molecule has 2 aromatic carbocycles. The highest BCUT2D eigenvalue weighted by Crippen LogP contribution is 2.19. The average molecular weight is 379 g/mol. The van der Waals surface area contributed by atoms with Crippen molar-refractivity contribution in [3.63, 3.8) is 0 Å². The number of anilines is 2. The Morgan fingerprint density at radius 1 is 1.07 bits per heavy atom. The Hall–Kier alpha value is -4.01. The minimum Gasteiger partial charge on any atom is -0.337 e. The van der Waals surface area contributed by atoms with Gasteiger partial charge in [-0.1, -0.05) is 12.1 Å². The Labute approximate surface area is 160 Å². The number of benzene rings is 2. The van der Waals surface area contributed by atoms with Gasteiger partial charge in [0.15, 0.2) is 0 Å². The van der Waals surface area contributed by atoms with Gasteiger partial charge in [-0.2, -0.15) is 0 Å². The summed E-state index contributed by atoms with van der Waals surface area (Å²) in [6, 6.07) is 12.1. The van der Waals surface area contributed by atoms with Crippen molar-refractivity contribution >= 4 is 28.9 Å². The molecule has 0 aliphatic heterocycles. The summed E-state index contributed by atoms with van der Waals surface area (Å²) >= 11 is 0. The average Bonchev–Trinajstić information content (AvgIpc) is 3.20. The maximum atomic E-state index is 12.4. The van der Waals surface area contributed by atoms with Gasteiger partial charge >= 0.3 is 0 Å². The summed E-state index contributed by atoms with van der Waals surface area (Å²) in [5.41, 5.74) is 1.01. The molecule has 2 N–H and O–H groups in total. The number of hydrogen-bond donors (Lipinski definition) is 2. The van der Waals surface area contributed by atoms with E-state index in [1.54, 1.807) is 53.6 Å². The number of hydrogen-bond acceptors (Lipinski definition) is 5. The smallest absolute Gasteiger partial charge is 0.271 e. The Morgan fingerprint density at radius 2 is 1.82 bits per heavy atom. The first-order valence-corrected chi connectivity index (χ1v) is 8.43. The molecule has 2 amide bonds. The lowest BCUT2D eigenvalue weighted by molar-refractivity contribution is -0.384. The standard InChI is InChI=1S/C19H17N5O4/c25-18(7-9-23-10-8-20-13-23)21-15-4-1-3-14(11-15)19(26)22-16-5-2-6-17(12-16)24(27)28/h1-6,8,10-13H,7,9H2,(H,21,25)(H,22,26). The van der Waals surface area contributed by atoms with Crippen molar-refractivity contribution in [3.8, 4) is 0 Å². The number of nitro benzene ring substituents is 1. The molecular weight excluding hydrogens is 362 g/mol. The molecule has 142 valence electrons. The van der Waals surface area contributed by atoms with Gasteiger partial charge in [0.05, 0.1) is 11.3 Å². The summed E-state index contributed by atoms with van der Waals surface area (Å²) in [4.78, 5) is 38.7. The molecule has 3 aromatic rings. The molecule has 0 aliphatic rings. The van der Waals surface area contributed by atoms with E-state index in [9.17, 15) is 19.7 Å². The predicted octanol–water partition coefficient (Wildman–Crippen LogP) is 3.07. The number of imidazole rings is 1. The van der Waals surface area contributed by atoms with Gasteiger partial charge in [0.1, 0.15) is 0 Å². The Morgan fingerprint density at radius 3 is 2.54 bits per heavy atom. The number of amides is 2. The maximum absolute atomic E-state index is 12.4. The molecule has 0 aliphatic carbocycles. The van der Waals surface area contributed by atoms with Crippen molar-refractivity contribution in [1.82, 2.24) is 9.55 Å². The first-order chi connectivity index (χ1) is 13.5. The SMILES string of the molecule is O=C(CCn1ccnc1)Nc1cccc(C(=O)Nc2cccc([N+](=O)[O-])c2)c1. The first-order valence-electron chi connectivity index (χ1n) is 8.43. The third kappa shape index (κ3) is 5.01. The lowest BCUT2D eigenvalue weighted by atomic mass is 10.1. The molecule has 0 saturated heterocycles. The number of non-ortho nitro benzene ring substituents is 1. The lowest BCUT2D eigenvalue weighted by Crippen LogP contribution is -2.15. The first kappa shape index (κ1) is 18.8. The zero-order chi connectivity index (χ0) is 19.9. The van der Waals surface area contributed by atoms with Crippen LogP contribution in [0.15, 0.2) is 67.3 Å². The summed E-state index contributed by atoms with van der Waals surface area (Å²) in [5, 5.41) is 16.2. The van der Waals surface area contributed by atoms with Gasteiger partial charge in [-0.3, -0.25) is 19.7 Å². The van der Waals surface area contributed by atoms with E-state index in [1.165, 1.54) is 18.2 Å². The van der Waals surface area contributed by atoms with Crippen LogP contribution in [0.1, 0.15) is 16.8 Å². The van der Waals surface area contributed by atoms with Gasteiger partial charge in [0.2, 0.25) is 5.91 Å². The van der Waals surface area contributed by atoms with Crippen LogP contribution in [0.2, 0.25) is 0 Å². The summed E-state index contributed by atoms with van der Waals surface area (Å²) in [6.45, 7) is 0.499. The van der Waals surface area contributed by atoms with Gasteiger partial charge in [-0.15, -0.1) is 0 Å². The fourth-order valence-corrected chi connectivity index (χ4v) is 2.51. The van der Waals surface area contributed by atoms with Crippen LogP contribution in [0, 0.1) is 10.1 Å². The molecule has 3 rings (SSSR count). The number of rotatable bonds is 7. The molecule has 0 atom stereocenters. The Kier molecular flexibility index (Phi) is 5.75. The summed E-state index contributed by atoms with van der Waals surface area (Å²) < 4.78 is 1.79. The second-order valence-corrected chi connectivity index (χ2v) is 5.94. The molecule has 0 saturated carbocycles. The fourth-order valence-electron chi connectivity index (χ4n) is 2.51. The number of nitrogens with zero attached hydrogens (tertiary/aromatic N) is 3. The van der Waals surface area contributed by atoms with E-state index in [0.717, 1.165) is 0 Å². The zero-order valence-corrected chi connectivity index (χ0v) is 14.7. The lowest BCUT2D eigenvalue weighted by Gasteiger charge is -2.09. The second-order valence-electron chi connectivity index (χ2n) is 5.94. The van der Waals surface area contributed by atoms with Crippen molar-refractivity contribution < 1.29 is 14.5 Å². The molecule has 0 spiro atoms. The topological polar surface area (TPSA) is 119 Å². The van der Waals surface area contributed by atoms with E-state index in [-0.39, 0.29) is 18.0 Å². The van der Waals surface area contributed by atoms with Crippen LogP contribution in [0.4, 0.5) is 17.1 Å². The van der Waals surface area contributed by atoms with Crippen LogP contribution in [0.25, 0.3) is 0 Å². The number of nitrogens with one attached hydrogen (secondary N) is 2. The normalized spacial score (nSPS) is 10.3. The van der Waals surface area contributed by atoms with Crippen LogP contribution in [0.3, 0.4) is 0 Å². The molecule has 9 heteroatoms. The van der Waals surface area contributed by atoms with Gasteiger partial charge in [0, 0.05) is 54.4 Å². The van der Waals surface area contributed by atoms with Gasteiger partial charge < -0.3 is 15.2 Å². The molecule has 9 nitrogen and oxygen atoms in total.